The predicted molar refractivity (Wildman–Crippen MR) is 68.1 cm³/mol. The number of carbonyl (C=O) groups is 1. The van der Waals surface area contributed by atoms with E-state index in [1.165, 1.54) is 30.3 Å². The molecule has 1 aromatic heterocycles. The lowest BCUT2D eigenvalue weighted by Gasteiger charge is -2.05. The molecule has 8 heteroatoms. The lowest BCUT2D eigenvalue weighted by Crippen LogP contribution is -1.98. The molecule has 0 fully saturated rings. The van der Waals surface area contributed by atoms with E-state index in [9.17, 15) is 14.9 Å². The van der Waals surface area contributed by atoms with Crippen LogP contribution >= 0.6 is 11.6 Å². The van der Waals surface area contributed by atoms with Gasteiger partial charge >= 0.3 is 11.7 Å². The second-order valence-corrected chi connectivity index (χ2v) is 4.17. The Kier molecular flexibility index (Phi) is 3.90. The smallest absolute Gasteiger partial charge is 0.371 e. The van der Waals surface area contributed by atoms with Crippen molar-refractivity contribution in [3.63, 3.8) is 0 Å². The van der Waals surface area contributed by atoms with Crippen LogP contribution in [-0.2, 0) is 6.61 Å². The van der Waals surface area contributed by atoms with Crippen molar-refractivity contribution in [1.29, 1.82) is 0 Å². The summed E-state index contributed by atoms with van der Waals surface area (Å²) in [4.78, 5) is 20.9. The first-order valence-electron chi connectivity index (χ1n) is 5.36. The molecule has 1 N–H and O–H groups in total. The third-order valence-electron chi connectivity index (χ3n) is 2.36. The monoisotopic (exact) mass is 297 g/mol. The van der Waals surface area contributed by atoms with Gasteiger partial charge in [0.15, 0.2) is 5.75 Å². The van der Waals surface area contributed by atoms with Gasteiger partial charge in [-0.2, -0.15) is 0 Å². The van der Waals surface area contributed by atoms with E-state index >= 15 is 0 Å². The number of furan rings is 1. The van der Waals surface area contributed by atoms with Crippen LogP contribution in [-0.4, -0.2) is 16.0 Å². The van der Waals surface area contributed by atoms with Crippen LogP contribution in [0.3, 0.4) is 0 Å². The van der Waals surface area contributed by atoms with Gasteiger partial charge in [0.25, 0.3) is 0 Å². The summed E-state index contributed by atoms with van der Waals surface area (Å²) in [6.45, 7) is -0.144. The van der Waals surface area contributed by atoms with Crippen LogP contribution in [0.25, 0.3) is 0 Å². The molecule has 2 aromatic rings. The van der Waals surface area contributed by atoms with Crippen molar-refractivity contribution in [2.45, 2.75) is 6.61 Å². The van der Waals surface area contributed by atoms with E-state index < -0.39 is 10.9 Å². The van der Waals surface area contributed by atoms with Gasteiger partial charge in [-0.1, -0.05) is 11.6 Å². The summed E-state index contributed by atoms with van der Waals surface area (Å²) in [7, 11) is 0. The van der Waals surface area contributed by atoms with Crippen LogP contribution in [0.4, 0.5) is 5.69 Å². The van der Waals surface area contributed by atoms with Crippen LogP contribution < -0.4 is 4.74 Å². The van der Waals surface area contributed by atoms with Crippen molar-refractivity contribution >= 4 is 23.3 Å². The second kappa shape index (κ2) is 5.62. The molecule has 104 valence electrons. The van der Waals surface area contributed by atoms with Crippen molar-refractivity contribution in [2.24, 2.45) is 0 Å². The van der Waals surface area contributed by atoms with Crippen LogP contribution in [0.1, 0.15) is 16.3 Å². The number of aromatic carboxylic acids is 1. The van der Waals surface area contributed by atoms with Crippen molar-refractivity contribution < 1.29 is 24.0 Å². The molecule has 0 saturated carbocycles. The summed E-state index contributed by atoms with van der Waals surface area (Å²) in [5, 5.41) is 19.8. The minimum Gasteiger partial charge on any atom is -0.479 e. The zero-order valence-electron chi connectivity index (χ0n) is 9.91. The number of benzene rings is 1. The fourth-order valence-electron chi connectivity index (χ4n) is 1.47. The van der Waals surface area contributed by atoms with E-state index in [2.05, 4.69) is 0 Å². The molecular formula is C12H8ClNO6. The summed E-state index contributed by atoms with van der Waals surface area (Å²) in [6, 6.07) is 6.60. The lowest BCUT2D eigenvalue weighted by atomic mass is 10.3. The Hall–Kier alpha value is -2.54. The van der Waals surface area contributed by atoms with Crippen LogP contribution in [0.5, 0.6) is 5.75 Å². The zero-order valence-corrected chi connectivity index (χ0v) is 10.7. The first kappa shape index (κ1) is 13.9. The summed E-state index contributed by atoms with van der Waals surface area (Å²) in [5.74, 6) is -1.22. The van der Waals surface area contributed by atoms with Gasteiger partial charge in [0.05, 0.1) is 4.92 Å². The molecule has 7 nitrogen and oxygen atoms in total. The van der Waals surface area contributed by atoms with Gasteiger partial charge in [-0.15, -0.1) is 0 Å². The van der Waals surface area contributed by atoms with Crippen molar-refractivity contribution in [2.75, 3.05) is 0 Å². The Morgan fingerprint density at radius 2 is 2.15 bits per heavy atom. The van der Waals surface area contributed by atoms with Crippen LogP contribution in [0.15, 0.2) is 34.7 Å². The molecule has 0 radical (unpaired) electrons. The Balaban J connectivity index is 2.15. The highest BCUT2D eigenvalue weighted by Gasteiger charge is 2.16. The van der Waals surface area contributed by atoms with Crippen LogP contribution in [0, 0.1) is 10.1 Å². The quantitative estimate of drug-likeness (QED) is 0.672. The summed E-state index contributed by atoms with van der Waals surface area (Å²) < 4.78 is 10.2. The van der Waals surface area contributed by atoms with Gasteiger partial charge in [-0.05, 0) is 18.2 Å². The maximum absolute atomic E-state index is 10.8. The molecule has 2 rings (SSSR count). The first-order valence-corrected chi connectivity index (χ1v) is 5.74. The molecule has 1 aromatic carbocycles. The SMILES string of the molecule is O=C(O)c1ccc(COc2cc(Cl)ccc2[N+](=O)[O-])o1. The Bertz CT molecular complexity index is 666. The Morgan fingerprint density at radius 3 is 2.75 bits per heavy atom. The predicted octanol–water partition coefficient (Wildman–Crippen LogP) is 3.12. The molecule has 0 aliphatic carbocycles. The average Bonchev–Trinajstić information content (AvgIpc) is 2.85. The third kappa shape index (κ3) is 3.07. The maximum Gasteiger partial charge on any atom is 0.371 e. The molecule has 0 bridgehead atoms. The van der Waals surface area contributed by atoms with Gasteiger partial charge < -0.3 is 14.3 Å². The molecule has 0 atom stereocenters. The van der Waals surface area contributed by atoms with E-state index in [-0.39, 0.29) is 34.6 Å². The van der Waals surface area contributed by atoms with Gasteiger partial charge in [0, 0.05) is 17.2 Å². The zero-order chi connectivity index (χ0) is 14.7. The topological polar surface area (TPSA) is 103 Å². The summed E-state index contributed by atoms with van der Waals surface area (Å²) in [5.41, 5.74) is -0.237. The Labute approximate surface area is 117 Å². The molecule has 0 unspecified atom stereocenters. The molecular weight excluding hydrogens is 290 g/mol. The van der Waals surface area contributed by atoms with E-state index in [0.29, 0.717) is 0 Å². The molecule has 0 aliphatic heterocycles. The van der Waals surface area contributed by atoms with E-state index in [4.69, 9.17) is 25.9 Å². The normalized spacial score (nSPS) is 10.2. The minimum atomic E-state index is -1.20. The van der Waals surface area contributed by atoms with Crippen molar-refractivity contribution in [3.05, 3.63) is 57.0 Å². The van der Waals surface area contributed by atoms with Crippen molar-refractivity contribution in [3.8, 4) is 5.75 Å². The number of halogens is 1. The minimum absolute atomic E-state index is 0.0178. The number of hydrogen-bond donors (Lipinski definition) is 1. The standard InChI is InChI=1S/C12H8ClNO6/c13-7-1-3-9(14(17)18)11(5-7)19-6-8-2-4-10(20-8)12(15)16/h1-5H,6H2,(H,15,16). The van der Waals surface area contributed by atoms with Gasteiger partial charge in [0.2, 0.25) is 5.76 Å². The highest BCUT2D eigenvalue weighted by molar-refractivity contribution is 6.30. The lowest BCUT2D eigenvalue weighted by molar-refractivity contribution is -0.386. The maximum atomic E-state index is 10.8. The number of nitrogens with zero attached hydrogens (tertiary/aromatic N) is 1. The highest BCUT2D eigenvalue weighted by Crippen LogP contribution is 2.30. The van der Waals surface area contributed by atoms with E-state index in [0.717, 1.165) is 0 Å². The first-order chi connectivity index (χ1) is 9.47. The molecule has 20 heavy (non-hydrogen) atoms. The van der Waals surface area contributed by atoms with Gasteiger partial charge in [0.1, 0.15) is 12.4 Å². The van der Waals surface area contributed by atoms with Crippen molar-refractivity contribution in [1.82, 2.24) is 0 Å². The number of rotatable bonds is 5. The third-order valence-corrected chi connectivity index (χ3v) is 2.60. The Morgan fingerprint density at radius 1 is 1.40 bits per heavy atom. The number of nitro groups is 1. The van der Waals surface area contributed by atoms with E-state index in [1.807, 2.05) is 0 Å². The second-order valence-electron chi connectivity index (χ2n) is 3.73. The number of hydrogen-bond acceptors (Lipinski definition) is 5. The number of ether oxygens (including phenoxy) is 1. The molecule has 0 amide bonds. The summed E-state index contributed by atoms with van der Waals surface area (Å²) in [6.07, 6.45) is 0. The van der Waals surface area contributed by atoms with Gasteiger partial charge in [-0.25, -0.2) is 4.79 Å². The molecule has 0 aliphatic rings. The molecule has 0 saturated heterocycles. The number of nitro benzene ring substituents is 1. The average molecular weight is 298 g/mol. The summed E-state index contributed by atoms with van der Waals surface area (Å²) >= 11 is 5.75. The largest absolute Gasteiger partial charge is 0.479 e. The highest BCUT2D eigenvalue weighted by atomic mass is 35.5. The number of carboxylic acid groups (broad SMARTS) is 1. The fourth-order valence-corrected chi connectivity index (χ4v) is 1.64. The van der Waals surface area contributed by atoms with Gasteiger partial charge in [-0.3, -0.25) is 10.1 Å². The molecule has 0 spiro atoms. The van der Waals surface area contributed by atoms with Crippen LogP contribution in [0.2, 0.25) is 5.02 Å². The van der Waals surface area contributed by atoms with E-state index in [1.54, 1.807) is 0 Å². The fraction of sp³-hybridized carbons (Fsp3) is 0.0833. The molecule has 1 heterocycles. The number of carboxylic acids is 1.